The van der Waals surface area contributed by atoms with Crippen molar-refractivity contribution in [2.45, 2.75) is 70.9 Å². The number of nitrogens with one attached hydrogen (secondary N) is 1. The molecule has 0 aromatic heterocycles. The highest BCUT2D eigenvalue weighted by molar-refractivity contribution is 5.68. The first-order chi connectivity index (χ1) is 11.4. The molecule has 0 aromatic carbocycles. The van der Waals surface area contributed by atoms with E-state index >= 15 is 0 Å². The maximum atomic E-state index is 12.1. The fourth-order valence-electron chi connectivity index (χ4n) is 4.10. The van der Waals surface area contributed by atoms with Gasteiger partial charge in [0.25, 0.3) is 0 Å². The zero-order chi connectivity index (χ0) is 17.6. The third-order valence-corrected chi connectivity index (χ3v) is 5.11. The Morgan fingerprint density at radius 2 is 1.92 bits per heavy atom. The van der Waals surface area contributed by atoms with Gasteiger partial charge < -0.3 is 19.7 Å². The van der Waals surface area contributed by atoms with E-state index in [2.05, 4.69) is 10.2 Å². The van der Waals surface area contributed by atoms with Gasteiger partial charge in [0, 0.05) is 26.2 Å². The smallest absolute Gasteiger partial charge is 0.407 e. The van der Waals surface area contributed by atoms with Crippen LogP contribution in [-0.2, 0) is 9.47 Å². The third-order valence-electron chi connectivity index (χ3n) is 5.11. The molecular formula is C19H36N2O3. The highest BCUT2D eigenvalue weighted by Gasteiger charge is 2.31. The van der Waals surface area contributed by atoms with Gasteiger partial charge in [-0.2, -0.15) is 0 Å². The lowest BCUT2D eigenvalue weighted by molar-refractivity contribution is 0.0426. The summed E-state index contributed by atoms with van der Waals surface area (Å²) < 4.78 is 10.8. The van der Waals surface area contributed by atoms with Gasteiger partial charge in [-0.05, 0) is 64.8 Å². The summed E-state index contributed by atoms with van der Waals surface area (Å²) in [4.78, 5) is 14.7. The Labute approximate surface area is 147 Å². The second-order valence-electron chi connectivity index (χ2n) is 8.52. The Hall–Kier alpha value is -0.810. The van der Waals surface area contributed by atoms with Crippen molar-refractivity contribution in [3.63, 3.8) is 0 Å². The number of amides is 1. The monoisotopic (exact) mass is 340 g/mol. The maximum absolute atomic E-state index is 12.1. The Kier molecular flexibility index (Phi) is 7.35. The molecule has 1 saturated carbocycles. The van der Waals surface area contributed by atoms with Crippen LogP contribution in [0, 0.1) is 11.8 Å². The standard InChI is InChI=1S/C19H36N2O3/c1-19(2,3)24-18(22)20-17-10-6-5-9-16(17)13-21-11-7-8-15(12-21)14-23-4/h15-17H,5-14H2,1-4H3,(H,20,22)/t15?,16-,17?/m0/s1. The molecule has 2 unspecified atom stereocenters. The minimum absolute atomic E-state index is 0.247. The highest BCUT2D eigenvalue weighted by atomic mass is 16.6. The van der Waals surface area contributed by atoms with E-state index in [1.165, 1.54) is 38.6 Å². The molecule has 1 heterocycles. The molecule has 3 atom stereocenters. The van der Waals surface area contributed by atoms with Gasteiger partial charge in [0.2, 0.25) is 0 Å². The molecular weight excluding hydrogens is 304 g/mol. The quantitative estimate of drug-likeness (QED) is 0.833. The number of carbonyl (C=O) groups excluding carboxylic acids is 1. The lowest BCUT2D eigenvalue weighted by Gasteiger charge is -2.39. The summed E-state index contributed by atoms with van der Waals surface area (Å²) in [5.74, 6) is 1.19. The van der Waals surface area contributed by atoms with Crippen LogP contribution in [0.25, 0.3) is 0 Å². The normalized spacial score (nSPS) is 29.2. The van der Waals surface area contributed by atoms with Crippen molar-refractivity contribution in [2.75, 3.05) is 33.4 Å². The van der Waals surface area contributed by atoms with Gasteiger partial charge in [-0.1, -0.05) is 12.8 Å². The van der Waals surface area contributed by atoms with Crippen LogP contribution < -0.4 is 5.32 Å². The average Bonchev–Trinajstić information content (AvgIpc) is 2.48. The van der Waals surface area contributed by atoms with E-state index in [0.29, 0.717) is 11.8 Å². The molecule has 0 spiro atoms. The lowest BCUT2D eigenvalue weighted by atomic mass is 9.83. The number of carbonyl (C=O) groups is 1. The van der Waals surface area contributed by atoms with Crippen molar-refractivity contribution < 1.29 is 14.3 Å². The Morgan fingerprint density at radius 1 is 1.17 bits per heavy atom. The van der Waals surface area contributed by atoms with E-state index in [4.69, 9.17) is 9.47 Å². The van der Waals surface area contributed by atoms with E-state index in [9.17, 15) is 4.79 Å². The molecule has 1 N–H and O–H groups in total. The second kappa shape index (κ2) is 9.04. The molecule has 5 nitrogen and oxygen atoms in total. The SMILES string of the molecule is COCC1CCCN(C[C@@H]2CCCCC2NC(=O)OC(C)(C)C)C1. The number of rotatable bonds is 5. The van der Waals surface area contributed by atoms with Crippen molar-refractivity contribution in [3.05, 3.63) is 0 Å². The topological polar surface area (TPSA) is 50.8 Å². The van der Waals surface area contributed by atoms with E-state index in [1.54, 1.807) is 7.11 Å². The second-order valence-corrected chi connectivity index (χ2v) is 8.52. The minimum atomic E-state index is -0.436. The number of likely N-dealkylation sites (tertiary alicyclic amines) is 1. The summed E-state index contributed by atoms with van der Waals surface area (Å²) in [6.45, 7) is 9.98. The minimum Gasteiger partial charge on any atom is -0.444 e. The molecule has 0 bridgehead atoms. The van der Waals surface area contributed by atoms with Crippen LogP contribution in [0.4, 0.5) is 4.79 Å². The number of methoxy groups -OCH3 is 1. The number of hydrogen-bond donors (Lipinski definition) is 1. The van der Waals surface area contributed by atoms with Gasteiger partial charge in [-0.25, -0.2) is 4.79 Å². The maximum Gasteiger partial charge on any atom is 0.407 e. The molecule has 0 radical (unpaired) electrons. The summed E-state index contributed by atoms with van der Waals surface area (Å²) in [5, 5.41) is 3.14. The Balaban J connectivity index is 1.85. The van der Waals surface area contributed by atoms with Crippen molar-refractivity contribution in [1.29, 1.82) is 0 Å². The fourth-order valence-corrected chi connectivity index (χ4v) is 4.10. The number of nitrogens with zero attached hydrogens (tertiary/aromatic N) is 1. The van der Waals surface area contributed by atoms with Gasteiger partial charge in [0.1, 0.15) is 5.60 Å². The van der Waals surface area contributed by atoms with Crippen molar-refractivity contribution >= 4 is 6.09 Å². The summed E-state index contributed by atoms with van der Waals surface area (Å²) in [5.41, 5.74) is -0.436. The highest BCUT2D eigenvalue weighted by Crippen LogP contribution is 2.27. The first kappa shape index (κ1) is 19.5. The molecule has 5 heteroatoms. The zero-order valence-electron chi connectivity index (χ0n) is 16.0. The molecule has 24 heavy (non-hydrogen) atoms. The lowest BCUT2D eigenvalue weighted by Crippen LogP contribution is -2.49. The van der Waals surface area contributed by atoms with Crippen LogP contribution in [-0.4, -0.2) is 56.0 Å². The van der Waals surface area contributed by atoms with Crippen LogP contribution in [0.5, 0.6) is 0 Å². The molecule has 2 fully saturated rings. The van der Waals surface area contributed by atoms with Crippen LogP contribution in [0.3, 0.4) is 0 Å². The number of alkyl carbamates (subject to hydrolysis) is 1. The van der Waals surface area contributed by atoms with Crippen LogP contribution in [0.2, 0.25) is 0 Å². The van der Waals surface area contributed by atoms with E-state index in [-0.39, 0.29) is 12.1 Å². The Morgan fingerprint density at radius 3 is 2.62 bits per heavy atom. The summed E-state index contributed by atoms with van der Waals surface area (Å²) in [6, 6.07) is 0.247. The molecule has 1 aliphatic heterocycles. The first-order valence-corrected chi connectivity index (χ1v) is 9.58. The van der Waals surface area contributed by atoms with Crippen molar-refractivity contribution in [2.24, 2.45) is 11.8 Å². The molecule has 1 amide bonds. The third kappa shape index (κ3) is 6.60. The molecule has 2 rings (SSSR count). The van der Waals surface area contributed by atoms with Crippen LogP contribution in [0.1, 0.15) is 59.3 Å². The van der Waals surface area contributed by atoms with Gasteiger partial charge in [-0.15, -0.1) is 0 Å². The van der Waals surface area contributed by atoms with E-state index in [0.717, 1.165) is 26.1 Å². The van der Waals surface area contributed by atoms with Crippen molar-refractivity contribution in [3.8, 4) is 0 Å². The van der Waals surface area contributed by atoms with Gasteiger partial charge >= 0.3 is 6.09 Å². The van der Waals surface area contributed by atoms with E-state index < -0.39 is 5.60 Å². The van der Waals surface area contributed by atoms with Crippen molar-refractivity contribution in [1.82, 2.24) is 10.2 Å². The average molecular weight is 341 g/mol. The number of ether oxygens (including phenoxy) is 2. The molecule has 0 aromatic rings. The largest absolute Gasteiger partial charge is 0.444 e. The summed E-state index contributed by atoms with van der Waals surface area (Å²) in [7, 11) is 1.79. The first-order valence-electron chi connectivity index (χ1n) is 9.58. The Bertz CT molecular complexity index is 393. The zero-order valence-corrected chi connectivity index (χ0v) is 16.0. The summed E-state index contributed by atoms with van der Waals surface area (Å²) >= 11 is 0. The molecule has 140 valence electrons. The van der Waals surface area contributed by atoms with Gasteiger partial charge in [-0.3, -0.25) is 0 Å². The summed E-state index contributed by atoms with van der Waals surface area (Å²) in [6.07, 6.45) is 7.00. The fraction of sp³-hybridized carbons (Fsp3) is 0.947. The predicted octanol–water partition coefficient (Wildman–Crippen LogP) is 3.43. The number of piperidine rings is 1. The van der Waals surface area contributed by atoms with Crippen LogP contribution in [0.15, 0.2) is 0 Å². The molecule has 1 saturated heterocycles. The van der Waals surface area contributed by atoms with Gasteiger partial charge in [0.15, 0.2) is 0 Å². The number of hydrogen-bond acceptors (Lipinski definition) is 4. The van der Waals surface area contributed by atoms with Crippen LogP contribution >= 0.6 is 0 Å². The van der Waals surface area contributed by atoms with E-state index in [1.807, 2.05) is 20.8 Å². The molecule has 2 aliphatic rings. The molecule has 1 aliphatic carbocycles. The predicted molar refractivity (Wildman–Crippen MR) is 96.2 cm³/mol. The van der Waals surface area contributed by atoms with Gasteiger partial charge in [0.05, 0.1) is 6.61 Å².